The summed E-state index contributed by atoms with van der Waals surface area (Å²) in [4.78, 5) is 23.6. The molecule has 0 aliphatic rings. The summed E-state index contributed by atoms with van der Waals surface area (Å²) in [6, 6.07) is 3.00. The molecule has 3 aromatic heterocycles. The van der Waals surface area contributed by atoms with E-state index < -0.39 is 5.91 Å². The molecule has 0 aromatic carbocycles. The van der Waals surface area contributed by atoms with Crippen LogP contribution in [0.5, 0.6) is 0 Å². The summed E-state index contributed by atoms with van der Waals surface area (Å²) < 4.78 is 0. The predicted octanol–water partition coefficient (Wildman–Crippen LogP) is 2.27. The molecule has 2 N–H and O–H groups in total. The highest BCUT2D eigenvalue weighted by molar-refractivity contribution is 6.29. The molecule has 8 heteroatoms. The number of nitrogens with one attached hydrogen (secondary N) is 2. The van der Waals surface area contributed by atoms with E-state index in [0.29, 0.717) is 11.5 Å². The Kier molecular flexibility index (Phi) is 3.26. The van der Waals surface area contributed by atoms with Gasteiger partial charge in [0.2, 0.25) is 0 Å². The fraction of sp³-hybridized carbons (Fsp3) is 0.154. The molecule has 0 spiro atoms. The smallest absolute Gasteiger partial charge is 0.277 e. The van der Waals surface area contributed by atoms with Gasteiger partial charge in [0.25, 0.3) is 5.91 Å². The molecule has 0 aliphatic carbocycles. The van der Waals surface area contributed by atoms with Gasteiger partial charge in [0, 0.05) is 5.69 Å². The summed E-state index contributed by atoms with van der Waals surface area (Å²) in [5, 5.41) is 11.1. The van der Waals surface area contributed by atoms with Crippen LogP contribution in [0.1, 0.15) is 21.7 Å². The molecule has 3 heterocycles. The number of aryl methyl sites for hydroxylation is 2. The Morgan fingerprint density at radius 2 is 2.05 bits per heavy atom. The fourth-order valence-electron chi connectivity index (χ4n) is 2.00. The van der Waals surface area contributed by atoms with E-state index in [4.69, 9.17) is 11.6 Å². The van der Waals surface area contributed by atoms with Crippen molar-refractivity contribution in [2.45, 2.75) is 13.8 Å². The topological polar surface area (TPSA) is 96.5 Å². The number of rotatable bonds is 2. The van der Waals surface area contributed by atoms with Crippen LogP contribution in [-0.2, 0) is 0 Å². The summed E-state index contributed by atoms with van der Waals surface area (Å²) in [7, 11) is 0. The highest BCUT2D eigenvalue weighted by Gasteiger charge is 2.15. The number of hydrogen-bond acceptors (Lipinski definition) is 5. The van der Waals surface area contributed by atoms with Gasteiger partial charge in [-0.3, -0.25) is 4.79 Å². The first-order valence-corrected chi connectivity index (χ1v) is 6.54. The van der Waals surface area contributed by atoms with Crippen molar-refractivity contribution in [1.82, 2.24) is 25.1 Å². The van der Waals surface area contributed by atoms with E-state index >= 15 is 0 Å². The second-order valence-electron chi connectivity index (χ2n) is 4.52. The molecule has 0 saturated heterocycles. The molecule has 0 radical (unpaired) electrons. The number of amides is 1. The van der Waals surface area contributed by atoms with Crippen molar-refractivity contribution >= 4 is 34.4 Å². The van der Waals surface area contributed by atoms with Crippen molar-refractivity contribution in [3.63, 3.8) is 0 Å². The number of hydrogen-bond donors (Lipinski definition) is 2. The Labute approximate surface area is 124 Å². The number of anilines is 1. The first-order valence-electron chi connectivity index (χ1n) is 6.16. The first-order chi connectivity index (χ1) is 10.1. The average Bonchev–Trinajstić information content (AvgIpc) is 2.76. The van der Waals surface area contributed by atoms with Crippen molar-refractivity contribution in [1.29, 1.82) is 0 Å². The van der Waals surface area contributed by atoms with E-state index in [9.17, 15) is 4.79 Å². The Morgan fingerprint density at radius 1 is 1.24 bits per heavy atom. The maximum atomic E-state index is 12.2. The van der Waals surface area contributed by atoms with Gasteiger partial charge in [-0.2, -0.15) is 0 Å². The zero-order valence-electron chi connectivity index (χ0n) is 11.3. The van der Waals surface area contributed by atoms with Gasteiger partial charge in [-0.05, 0) is 31.5 Å². The normalized spacial score (nSPS) is 10.8. The fourth-order valence-corrected chi connectivity index (χ4v) is 2.10. The van der Waals surface area contributed by atoms with E-state index in [-0.39, 0.29) is 10.8 Å². The van der Waals surface area contributed by atoms with Crippen LogP contribution in [-0.4, -0.2) is 31.1 Å². The third-order valence-corrected chi connectivity index (χ3v) is 3.39. The Hall–Kier alpha value is -2.54. The van der Waals surface area contributed by atoms with Gasteiger partial charge in [-0.1, -0.05) is 11.6 Å². The van der Waals surface area contributed by atoms with Gasteiger partial charge in [0.15, 0.2) is 10.8 Å². The Bertz CT molecular complexity index is 827. The van der Waals surface area contributed by atoms with Crippen molar-refractivity contribution in [2.75, 3.05) is 5.32 Å². The zero-order chi connectivity index (χ0) is 15.0. The zero-order valence-corrected chi connectivity index (χ0v) is 12.1. The van der Waals surface area contributed by atoms with Crippen LogP contribution < -0.4 is 5.32 Å². The van der Waals surface area contributed by atoms with Crippen LogP contribution >= 0.6 is 11.6 Å². The summed E-state index contributed by atoms with van der Waals surface area (Å²) in [5.74, 6) is 0.0287. The highest BCUT2D eigenvalue weighted by Crippen LogP contribution is 2.25. The monoisotopic (exact) mass is 302 g/mol. The number of halogens is 1. The van der Waals surface area contributed by atoms with Gasteiger partial charge >= 0.3 is 0 Å². The third kappa shape index (κ3) is 2.43. The molecule has 0 fully saturated rings. The quantitative estimate of drug-likeness (QED) is 0.757. The third-order valence-electron chi connectivity index (χ3n) is 3.19. The summed E-state index contributed by atoms with van der Waals surface area (Å²) in [5.41, 5.74) is 2.81. The van der Waals surface area contributed by atoms with Crippen LogP contribution in [0.25, 0.3) is 11.0 Å². The number of fused-ring (bicyclic) bond motifs is 1. The number of nitrogens with zero attached hydrogens (tertiary/aromatic N) is 4. The Morgan fingerprint density at radius 3 is 2.76 bits per heavy atom. The number of carbonyl (C=O) groups is 1. The molecule has 0 unspecified atom stereocenters. The second kappa shape index (κ2) is 5.10. The minimum atomic E-state index is -0.405. The molecule has 0 bridgehead atoms. The van der Waals surface area contributed by atoms with E-state index in [0.717, 1.165) is 16.6 Å². The number of aromatic amines is 1. The maximum Gasteiger partial charge on any atom is 0.277 e. The molecule has 0 atom stereocenters. The van der Waals surface area contributed by atoms with Gasteiger partial charge < -0.3 is 10.3 Å². The van der Waals surface area contributed by atoms with E-state index in [1.54, 1.807) is 0 Å². The van der Waals surface area contributed by atoms with Crippen LogP contribution in [0.15, 0.2) is 18.5 Å². The molecule has 3 aromatic rings. The largest absolute Gasteiger partial charge is 0.343 e. The lowest BCUT2D eigenvalue weighted by molar-refractivity contribution is 0.102. The summed E-state index contributed by atoms with van der Waals surface area (Å²) in [6.07, 6.45) is 1.39. The van der Waals surface area contributed by atoms with E-state index in [2.05, 4.69) is 30.5 Å². The molecule has 1 amide bonds. The maximum absolute atomic E-state index is 12.2. The van der Waals surface area contributed by atoms with Crippen molar-refractivity contribution in [2.24, 2.45) is 0 Å². The van der Waals surface area contributed by atoms with Gasteiger partial charge in [0.1, 0.15) is 17.8 Å². The van der Waals surface area contributed by atoms with Crippen molar-refractivity contribution < 1.29 is 4.79 Å². The lowest BCUT2D eigenvalue weighted by Gasteiger charge is -2.05. The van der Waals surface area contributed by atoms with Gasteiger partial charge in [0.05, 0.1) is 5.39 Å². The van der Waals surface area contributed by atoms with E-state index in [1.807, 2.05) is 13.8 Å². The highest BCUT2D eigenvalue weighted by atomic mass is 35.5. The lowest BCUT2D eigenvalue weighted by atomic mass is 10.2. The molecule has 21 heavy (non-hydrogen) atoms. The molecule has 0 saturated carbocycles. The van der Waals surface area contributed by atoms with Crippen LogP contribution in [0, 0.1) is 13.8 Å². The summed E-state index contributed by atoms with van der Waals surface area (Å²) >= 11 is 5.65. The van der Waals surface area contributed by atoms with Gasteiger partial charge in [-0.25, -0.2) is 9.97 Å². The standard InChI is InChI=1S/C13H11ClN6O/c1-6-7(2)17-11-10(6)12(16-5-15-11)18-13(21)8-3-4-9(14)20-19-8/h3-5H,1-2H3,(H2,15,16,17,18,21). The summed E-state index contributed by atoms with van der Waals surface area (Å²) in [6.45, 7) is 3.88. The van der Waals surface area contributed by atoms with Crippen LogP contribution in [0.4, 0.5) is 5.82 Å². The molecule has 106 valence electrons. The second-order valence-corrected chi connectivity index (χ2v) is 4.90. The molecular weight excluding hydrogens is 292 g/mol. The van der Waals surface area contributed by atoms with Crippen LogP contribution in [0.3, 0.4) is 0 Å². The molecular formula is C13H11ClN6O. The van der Waals surface area contributed by atoms with Gasteiger partial charge in [-0.15, -0.1) is 10.2 Å². The minimum absolute atomic E-state index is 0.163. The van der Waals surface area contributed by atoms with E-state index in [1.165, 1.54) is 18.5 Å². The minimum Gasteiger partial charge on any atom is -0.343 e. The lowest BCUT2D eigenvalue weighted by Crippen LogP contribution is -2.15. The van der Waals surface area contributed by atoms with Crippen LogP contribution in [0.2, 0.25) is 5.15 Å². The first kappa shape index (κ1) is 13.4. The number of carbonyl (C=O) groups excluding carboxylic acids is 1. The number of H-pyrrole nitrogens is 1. The number of aromatic nitrogens is 5. The SMILES string of the molecule is Cc1[nH]c2ncnc(NC(=O)c3ccc(Cl)nn3)c2c1C. The predicted molar refractivity (Wildman–Crippen MR) is 78.4 cm³/mol. The average molecular weight is 303 g/mol. The molecule has 0 aliphatic heterocycles. The van der Waals surface area contributed by atoms with Crippen molar-refractivity contribution in [3.05, 3.63) is 40.6 Å². The van der Waals surface area contributed by atoms with Crippen molar-refractivity contribution in [3.8, 4) is 0 Å². The molecule has 3 rings (SSSR count). The molecule has 7 nitrogen and oxygen atoms in total. The Balaban J connectivity index is 1.98.